The SMILES string of the molecule is CCOC(=O)c1cccc(/C=C(\COCc2ccc(OC)cc2)Cn2ccnc2)c1. The van der Waals surface area contributed by atoms with Gasteiger partial charge >= 0.3 is 5.97 Å². The summed E-state index contributed by atoms with van der Waals surface area (Å²) in [6, 6.07) is 15.2. The molecule has 0 unspecified atom stereocenters. The van der Waals surface area contributed by atoms with E-state index in [1.807, 2.05) is 59.3 Å². The van der Waals surface area contributed by atoms with Crippen LogP contribution in [0.15, 0.2) is 72.8 Å². The molecule has 156 valence electrons. The van der Waals surface area contributed by atoms with Crippen LogP contribution >= 0.6 is 0 Å². The van der Waals surface area contributed by atoms with Crippen molar-refractivity contribution in [2.24, 2.45) is 0 Å². The van der Waals surface area contributed by atoms with Crippen molar-refractivity contribution in [2.75, 3.05) is 20.3 Å². The summed E-state index contributed by atoms with van der Waals surface area (Å²) in [7, 11) is 1.65. The first-order valence-electron chi connectivity index (χ1n) is 9.81. The summed E-state index contributed by atoms with van der Waals surface area (Å²) in [5.74, 6) is 0.501. The van der Waals surface area contributed by atoms with Gasteiger partial charge < -0.3 is 18.8 Å². The van der Waals surface area contributed by atoms with Crippen LogP contribution in [0.2, 0.25) is 0 Å². The Kier molecular flexibility index (Phi) is 7.80. The van der Waals surface area contributed by atoms with Gasteiger partial charge in [0.1, 0.15) is 5.75 Å². The largest absolute Gasteiger partial charge is 0.497 e. The Morgan fingerprint density at radius 2 is 2.00 bits per heavy atom. The molecule has 0 fully saturated rings. The molecule has 0 bridgehead atoms. The normalized spacial score (nSPS) is 11.3. The molecule has 0 N–H and O–H groups in total. The minimum Gasteiger partial charge on any atom is -0.497 e. The number of carbonyl (C=O) groups is 1. The standard InChI is InChI=1S/C24H26N2O4/c1-3-30-24(27)22-6-4-5-20(14-22)13-21(15-26-12-11-25-18-26)17-29-16-19-7-9-23(28-2)10-8-19/h4-14,18H,3,15-17H2,1-2H3/b21-13-. The van der Waals surface area contributed by atoms with Crippen LogP contribution in [0.5, 0.6) is 5.75 Å². The highest BCUT2D eigenvalue weighted by atomic mass is 16.5. The number of methoxy groups -OCH3 is 1. The molecule has 3 aromatic rings. The van der Waals surface area contributed by atoms with Gasteiger partial charge in [0.25, 0.3) is 0 Å². The highest BCUT2D eigenvalue weighted by molar-refractivity contribution is 5.90. The molecule has 6 heteroatoms. The number of ether oxygens (including phenoxy) is 3. The van der Waals surface area contributed by atoms with Crippen LogP contribution < -0.4 is 4.74 Å². The Balaban J connectivity index is 1.71. The average Bonchev–Trinajstić information content (AvgIpc) is 3.27. The molecule has 0 aliphatic heterocycles. The Morgan fingerprint density at radius 3 is 2.70 bits per heavy atom. The molecule has 0 saturated heterocycles. The van der Waals surface area contributed by atoms with Gasteiger partial charge in [0, 0.05) is 18.9 Å². The zero-order valence-corrected chi connectivity index (χ0v) is 17.3. The number of rotatable bonds is 10. The number of carbonyl (C=O) groups excluding carboxylic acids is 1. The van der Waals surface area contributed by atoms with E-state index in [4.69, 9.17) is 14.2 Å². The lowest BCUT2D eigenvalue weighted by molar-refractivity contribution is 0.0526. The second-order valence-electron chi connectivity index (χ2n) is 6.72. The van der Waals surface area contributed by atoms with Gasteiger partial charge in [0.2, 0.25) is 0 Å². The first kappa shape index (κ1) is 21.3. The predicted molar refractivity (Wildman–Crippen MR) is 115 cm³/mol. The molecule has 0 spiro atoms. The molecule has 0 aliphatic carbocycles. The summed E-state index contributed by atoms with van der Waals surface area (Å²) in [5, 5.41) is 0. The summed E-state index contributed by atoms with van der Waals surface area (Å²) >= 11 is 0. The molecule has 1 heterocycles. The maximum Gasteiger partial charge on any atom is 0.338 e. The van der Waals surface area contributed by atoms with Gasteiger partial charge in [-0.05, 0) is 47.9 Å². The minimum atomic E-state index is -0.320. The molecule has 0 atom stereocenters. The van der Waals surface area contributed by atoms with Gasteiger partial charge in [-0.3, -0.25) is 0 Å². The van der Waals surface area contributed by atoms with Gasteiger partial charge in [0.15, 0.2) is 0 Å². The molecular formula is C24H26N2O4. The maximum atomic E-state index is 12.0. The van der Waals surface area contributed by atoms with Crippen molar-refractivity contribution in [2.45, 2.75) is 20.1 Å². The zero-order valence-electron chi connectivity index (χ0n) is 17.3. The number of aromatic nitrogens is 2. The lowest BCUT2D eigenvalue weighted by Gasteiger charge is -2.11. The van der Waals surface area contributed by atoms with Crippen molar-refractivity contribution >= 4 is 12.0 Å². The molecule has 0 radical (unpaired) electrons. The van der Waals surface area contributed by atoms with Gasteiger partial charge in [0.05, 0.1) is 38.8 Å². The lowest BCUT2D eigenvalue weighted by atomic mass is 10.1. The summed E-state index contributed by atoms with van der Waals surface area (Å²) in [4.78, 5) is 16.1. The smallest absolute Gasteiger partial charge is 0.338 e. The Bertz CT molecular complexity index is 963. The third kappa shape index (κ3) is 6.32. The first-order chi connectivity index (χ1) is 14.7. The fourth-order valence-electron chi connectivity index (χ4n) is 2.98. The van der Waals surface area contributed by atoms with Crippen molar-refractivity contribution in [1.82, 2.24) is 9.55 Å². The minimum absolute atomic E-state index is 0.320. The van der Waals surface area contributed by atoms with Crippen molar-refractivity contribution < 1.29 is 19.0 Å². The van der Waals surface area contributed by atoms with Crippen LogP contribution in [-0.4, -0.2) is 35.8 Å². The van der Waals surface area contributed by atoms with E-state index in [-0.39, 0.29) is 5.97 Å². The molecule has 30 heavy (non-hydrogen) atoms. The maximum absolute atomic E-state index is 12.0. The Labute approximate surface area is 176 Å². The second-order valence-corrected chi connectivity index (χ2v) is 6.72. The van der Waals surface area contributed by atoms with Crippen molar-refractivity contribution in [3.8, 4) is 5.75 Å². The van der Waals surface area contributed by atoms with Crippen molar-refractivity contribution in [1.29, 1.82) is 0 Å². The topological polar surface area (TPSA) is 62.6 Å². The van der Waals surface area contributed by atoms with Gasteiger partial charge in [-0.15, -0.1) is 0 Å². The summed E-state index contributed by atoms with van der Waals surface area (Å²) in [5.41, 5.74) is 3.58. The molecule has 0 amide bonds. The van der Waals surface area contributed by atoms with E-state index in [0.717, 1.165) is 22.4 Å². The van der Waals surface area contributed by atoms with Crippen LogP contribution in [0.1, 0.15) is 28.4 Å². The van der Waals surface area contributed by atoms with E-state index < -0.39 is 0 Å². The van der Waals surface area contributed by atoms with Crippen LogP contribution in [-0.2, 0) is 22.6 Å². The molecule has 0 aliphatic rings. The summed E-state index contributed by atoms with van der Waals surface area (Å²) in [6.45, 7) is 3.74. The number of benzene rings is 2. The fraction of sp³-hybridized carbons (Fsp3) is 0.250. The van der Waals surface area contributed by atoms with E-state index in [9.17, 15) is 4.79 Å². The van der Waals surface area contributed by atoms with E-state index in [1.165, 1.54) is 0 Å². The second kappa shape index (κ2) is 11.0. The zero-order chi connectivity index (χ0) is 21.2. The molecular weight excluding hydrogens is 380 g/mol. The van der Waals surface area contributed by atoms with E-state index in [2.05, 4.69) is 4.98 Å². The first-order valence-corrected chi connectivity index (χ1v) is 9.81. The quantitative estimate of drug-likeness (QED) is 0.468. The van der Waals surface area contributed by atoms with Crippen molar-refractivity contribution in [3.63, 3.8) is 0 Å². The highest BCUT2D eigenvalue weighted by Gasteiger charge is 2.07. The van der Waals surface area contributed by atoms with Crippen LogP contribution in [0, 0.1) is 0 Å². The lowest BCUT2D eigenvalue weighted by Crippen LogP contribution is -2.07. The molecule has 0 saturated carbocycles. The van der Waals surface area contributed by atoms with Gasteiger partial charge in [-0.25, -0.2) is 9.78 Å². The monoisotopic (exact) mass is 406 g/mol. The van der Waals surface area contributed by atoms with Crippen LogP contribution in [0.3, 0.4) is 0 Å². The molecule has 6 nitrogen and oxygen atoms in total. The Morgan fingerprint density at radius 1 is 1.17 bits per heavy atom. The summed E-state index contributed by atoms with van der Waals surface area (Å²) < 4.78 is 18.2. The molecule has 3 rings (SSSR count). The van der Waals surface area contributed by atoms with Crippen LogP contribution in [0.25, 0.3) is 6.08 Å². The van der Waals surface area contributed by atoms with Crippen molar-refractivity contribution in [3.05, 3.63) is 89.5 Å². The Hall–Kier alpha value is -3.38. The van der Waals surface area contributed by atoms with Crippen LogP contribution in [0.4, 0.5) is 0 Å². The molecule has 2 aromatic carbocycles. The number of nitrogens with zero attached hydrogens (tertiary/aromatic N) is 2. The average molecular weight is 406 g/mol. The number of hydrogen-bond acceptors (Lipinski definition) is 5. The predicted octanol–water partition coefficient (Wildman–Crippen LogP) is 4.37. The summed E-state index contributed by atoms with van der Waals surface area (Å²) in [6.07, 6.45) is 7.46. The fourth-order valence-corrected chi connectivity index (χ4v) is 2.98. The number of hydrogen-bond donors (Lipinski definition) is 0. The third-order valence-corrected chi connectivity index (χ3v) is 4.43. The molecule has 1 aromatic heterocycles. The van der Waals surface area contributed by atoms with E-state index in [0.29, 0.717) is 31.9 Å². The van der Waals surface area contributed by atoms with Gasteiger partial charge in [-0.1, -0.05) is 30.3 Å². The number of imidazole rings is 1. The van der Waals surface area contributed by atoms with E-state index >= 15 is 0 Å². The highest BCUT2D eigenvalue weighted by Crippen LogP contribution is 2.15. The van der Waals surface area contributed by atoms with E-state index in [1.54, 1.807) is 32.6 Å². The third-order valence-electron chi connectivity index (χ3n) is 4.43. The number of esters is 1. The van der Waals surface area contributed by atoms with Gasteiger partial charge in [-0.2, -0.15) is 0 Å².